The van der Waals surface area contributed by atoms with E-state index in [9.17, 15) is 9.59 Å². The zero-order chi connectivity index (χ0) is 34.1. The molecule has 1 aromatic carbocycles. The van der Waals surface area contributed by atoms with Gasteiger partial charge in [-0.25, -0.2) is 0 Å². The fourth-order valence-corrected chi connectivity index (χ4v) is 8.05. The van der Waals surface area contributed by atoms with Crippen LogP contribution >= 0.6 is 0 Å². The van der Waals surface area contributed by atoms with Gasteiger partial charge in [0.15, 0.2) is 0 Å². The maximum atomic E-state index is 12.7. The summed E-state index contributed by atoms with van der Waals surface area (Å²) in [5, 5.41) is 0. The maximum absolute atomic E-state index is 12.7. The van der Waals surface area contributed by atoms with Crippen molar-refractivity contribution in [3.05, 3.63) is 20.4 Å². The van der Waals surface area contributed by atoms with Crippen molar-refractivity contribution >= 4 is 11.4 Å². The van der Waals surface area contributed by atoms with Crippen molar-refractivity contribution < 1.29 is 0 Å². The van der Waals surface area contributed by atoms with E-state index in [-0.39, 0.29) is 10.9 Å². The first-order valence-electron chi connectivity index (χ1n) is 21.4. The van der Waals surface area contributed by atoms with Gasteiger partial charge < -0.3 is 9.80 Å². The third-order valence-electron chi connectivity index (χ3n) is 11.4. The number of anilines is 2. The Hall–Kier alpha value is -1.40. The van der Waals surface area contributed by atoms with Gasteiger partial charge in [0.05, 0.1) is 0 Å². The Bertz CT molecular complexity index is 895. The first-order chi connectivity index (χ1) is 23.7. The van der Waals surface area contributed by atoms with Crippen molar-refractivity contribution in [3.8, 4) is 0 Å². The Morgan fingerprint density at radius 3 is 0.812 bits per heavy atom. The molecule has 0 bridgehead atoms. The van der Waals surface area contributed by atoms with Crippen molar-refractivity contribution in [1.82, 2.24) is 9.80 Å². The fraction of sp³-hybridized carbons (Fsp3) is 0.905. The van der Waals surface area contributed by atoms with Gasteiger partial charge in [0.25, 0.3) is 10.9 Å². The fourth-order valence-electron chi connectivity index (χ4n) is 8.05. The zero-order valence-electron chi connectivity index (χ0n) is 32.1. The van der Waals surface area contributed by atoms with Crippen LogP contribution < -0.4 is 20.7 Å². The zero-order valence-corrected chi connectivity index (χ0v) is 32.1. The summed E-state index contributed by atoms with van der Waals surface area (Å²) in [6.07, 6.45) is 36.3. The molecule has 3 rings (SSSR count). The summed E-state index contributed by atoms with van der Waals surface area (Å²) in [6.45, 7) is 14.4. The molecule has 0 amide bonds. The molecule has 0 aliphatic carbocycles. The number of hydrogen-bond acceptors (Lipinski definition) is 6. The van der Waals surface area contributed by atoms with Gasteiger partial charge in [0, 0.05) is 52.4 Å². The van der Waals surface area contributed by atoms with Gasteiger partial charge in [-0.2, -0.15) is 0 Å². The summed E-state index contributed by atoms with van der Waals surface area (Å²) in [5.41, 5.74) is 0.963. The van der Waals surface area contributed by atoms with Crippen LogP contribution in [-0.4, -0.2) is 75.2 Å². The van der Waals surface area contributed by atoms with Crippen LogP contribution in [0.15, 0.2) is 9.59 Å². The van der Waals surface area contributed by atoms with E-state index in [4.69, 9.17) is 0 Å². The number of hydrogen-bond donors (Lipinski definition) is 0. The lowest BCUT2D eigenvalue weighted by atomic mass is 10.0. The average Bonchev–Trinajstić information content (AvgIpc) is 3.11. The Kier molecular flexibility index (Phi) is 22.6. The minimum Gasteiger partial charge on any atom is -0.364 e. The Balaban J connectivity index is 1.18. The highest BCUT2D eigenvalue weighted by Crippen LogP contribution is 2.27. The van der Waals surface area contributed by atoms with Crippen LogP contribution in [0.3, 0.4) is 0 Å². The highest BCUT2D eigenvalue weighted by Gasteiger charge is 2.32. The van der Waals surface area contributed by atoms with E-state index in [1.165, 1.54) is 180 Å². The molecule has 6 nitrogen and oxygen atoms in total. The first-order valence-corrected chi connectivity index (χ1v) is 21.4. The maximum Gasteiger partial charge on any atom is 0.253 e. The third-order valence-corrected chi connectivity index (χ3v) is 11.4. The van der Waals surface area contributed by atoms with Gasteiger partial charge in [0.2, 0.25) is 0 Å². The minimum absolute atomic E-state index is 0.246. The molecule has 1 aromatic rings. The monoisotopic (exact) mass is 671 g/mol. The van der Waals surface area contributed by atoms with Crippen LogP contribution in [0.1, 0.15) is 181 Å². The molecule has 2 aliphatic heterocycles. The van der Waals surface area contributed by atoms with E-state index < -0.39 is 0 Å². The van der Waals surface area contributed by atoms with Crippen molar-refractivity contribution in [3.63, 3.8) is 0 Å². The molecule has 0 radical (unpaired) electrons. The molecule has 0 saturated carbocycles. The van der Waals surface area contributed by atoms with Crippen LogP contribution in [0.4, 0.5) is 11.4 Å². The average molecular weight is 671 g/mol. The molecular weight excluding hydrogens is 592 g/mol. The lowest BCUT2D eigenvalue weighted by Gasteiger charge is -2.41. The number of rotatable bonds is 30. The Morgan fingerprint density at radius 1 is 0.333 bits per heavy atom. The smallest absolute Gasteiger partial charge is 0.253 e. The topological polar surface area (TPSA) is 47.1 Å². The molecule has 48 heavy (non-hydrogen) atoms. The molecular formula is C42H78N4O2. The van der Waals surface area contributed by atoms with Crippen LogP contribution in [-0.2, 0) is 0 Å². The molecule has 2 saturated heterocycles. The van der Waals surface area contributed by atoms with Gasteiger partial charge in [-0.15, -0.1) is 0 Å². The molecule has 0 N–H and O–H groups in total. The lowest BCUT2D eigenvalue weighted by Crippen LogP contribution is -2.55. The number of nitrogens with zero attached hydrogens (tertiary/aromatic N) is 4. The second-order valence-electron chi connectivity index (χ2n) is 15.5. The summed E-state index contributed by atoms with van der Waals surface area (Å²) in [5.74, 6) is 0. The summed E-state index contributed by atoms with van der Waals surface area (Å²) in [6, 6.07) is 0. The van der Waals surface area contributed by atoms with Gasteiger partial charge in [-0.1, -0.05) is 168 Å². The molecule has 6 heteroatoms. The minimum atomic E-state index is -0.246. The molecule has 0 atom stereocenters. The summed E-state index contributed by atoms with van der Waals surface area (Å²) < 4.78 is 0. The molecule has 278 valence electrons. The SMILES string of the molecule is CCCCCCCCCCCCCCCN1CCN(c2c(N3CCN(CCCCCCCCCCCCCCC)CC3)c(=O)c2=O)CC1. The van der Waals surface area contributed by atoms with Gasteiger partial charge in [-0.05, 0) is 25.9 Å². The van der Waals surface area contributed by atoms with Crippen molar-refractivity contribution in [1.29, 1.82) is 0 Å². The lowest BCUT2D eigenvalue weighted by molar-refractivity contribution is 0.249. The second kappa shape index (κ2) is 26.4. The molecule has 0 spiro atoms. The largest absolute Gasteiger partial charge is 0.364 e. The molecule has 2 heterocycles. The Morgan fingerprint density at radius 2 is 0.562 bits per heavy atom. The van der Waals surface area contributed by atoms with Crippen LogP contribution in [0.5, 0.6) is 0 Å². The molecule has 0 aromatic heterocycles. The van der Waals surface area contributed by atoms with Crippen molar-refractivity contribution in [2.75, 3.05) is 75.2 Å². The quantitative estimate of drug-likeness (QED) is 0.0600. The standard InChI is InChI=1S/C42H78N4O2/c1-3-5-7-9-11-13-15-17-19-21-23-25-27-29-43-31-35-45(36-32-43)39-40(42(48)41(39)47)46-37-33-44(34-38-46)30-28-26-24-22-20-18-16-14-12-10-8-6-4-2/h3-38H2,1-2H3. The summed E-state index contributed by atoms with van der Waals surface area (Å²) in [7, 11) is 0. The number of unbranched alkanes of at least 4 members (excludes halogenated alkanes) is 24. The van der Waals surface area contributed by atoms with E-state index >= 15 is 0 Å². The van der Waals surface area contributed by atoms with Gasteiger partial charge >= 0.3 is 0 Å². The predicted molar refractivity (Wildman–Crippen MR) is 210 cm³/mol. The van der Waals surface area contributed by atoms with Crippen LogP contribution in [0.25, 0.3) is 0 Å². The normalized spacial score (nSPS) is 16.5. The van der Waals surface area contributed by atoms with Crippen molar-refractivity contribution in [2.24, 2.45) is 0 Å². The van der Waals surface area contributed by atoms with Gasteiger partial charge in [-0.3, -0.25) is 19.4 Å². The highest BCUT2D eigenvalue weighted by atomic mass is 16.2. The summed E-state index contributed by atoms with van der Waals surface area (Å²) >= 11 is 0. The molecule has 2 fully saturated rings. The first kappa shape index (κ1) is 41.0. The third kappa shape index (κ3) is 16.1. The van der Waals surface area contributed by atoms with Crippen LogP contribution in [0, 0.1) is 0 Å². The Labute approximate surface area is 297 Å². The van der Waals surface area contributed by atoms with Crippen LogP contribution in [0.2, 0.25) is 0 Å². The highest BCUT2D eigenvalue weighted by molar-refractivity contribution is 5.76. The summed E-state index contributed by atoms with van der Waals surface area (Å²) in [4.78, 5) is 35.0. The molecule has 2 aliphatic rings. The second-order valence-corrected chi connectivity index (χ2v) is 15.5. The molecule has 0 unspecified atom stereocenters. The van der Waals surface area contributed by atoms with E-state index in [0.29, 0.717) is 0 Å². The van der Waals surface area contributed by atoms with E-state index in [2.05, 4.69) is 33.4 Å². The van der Waals surface area contributed by atoms with Crippen molar-refractivity contribution in [2.45, 2.75) is 181 Å². The van der Waals surface area contributed by atoms with Gasteiger partial charge in [0.1, 0.15) is 11.4 Å². The van der Waals surface area contributed by atoms with E-state index in [1.54, 1.807) is 0 Å². The van der Waals surface area contributed by atoms with E-state index in [0.717, 1.165) is 63.7 Å². The number of piperazine rings is 2. The van der Waals surface area contributed by atoms with E-state index in [1.807, 2.05) is 0 Å². The predicted octanol–water partition coefficient (Wildman–Crippen LogP) is 9.71.